The zero-order valence-corrected chi connectivity index (χ0v) is 13.8. The van der Waals surface area contributed by atoms with E-state index in [0.717, 1.165) is 30.8 Å². The lowest BCUT2D eigenvalue weighted by molar-refractivity contribution is -0.126. The third-order valence-electron chi connectivity index (χ3n) is 5.50. The van der Waals surface area contributed by atoms with Crippen LogP contribution in [0.1, 0.15) is 30.0 Å². The lowest BCUT2D eigenvalue weighted by atomic mass is 9.77. The van der Waals surface area contributed by atoms with E-state index in [1.54, 1.807) is 14.2 Å². The van der Waals surface area contributed by atoms with Gasteiger partial charge in [-0.05, 0) is 42.5 Å². The molecule has 0 aliphatic carbocycles. The molecule has 1 aromatic rings. The van der Waals surface area contributed by atoms with Crippen molar-refractivity contribution in [1.82, 2.24) is 15.5 Å². The molecule has 0 aromatic heterocycles. The Labute approximate surface area is 140 Å². The van der Waals surface area contributed by atoms with Gasteiger partial charge >= 0.3 is 6.03 Å². The number of fused-ring (bicyclic) bond motifs is 3. The van der Waals surface area contributed by atoms with Crippen LogP contribution in [0.3, 0.4) is 0 Å². The van der Waals surface area contributed by atoms with Crippen LogP contribution in [0.25, 0.3) is 0 Å². The first-order valence-electron chi connectivity index (χ1n) is 8.19. The summed E-state index contributed by atoms with van der Waals surface area (Å²) >= 11 is 0. The van der Waals surface area contributed by atoms with E-state index in [4.69, 9.17) is 9.47 Å². The molecule has 3 heterocycles. The minimum Gasteiger partial charge on any atom is -0.493 e. The molecule has 2 atom stereocenters. The summed E-state index contributed by atoms with van der Waals surface area (Å²) in [6, 6.07) is 3.74. The molecule has 2 fully saturated rings. The Morgan fingerprint density at radius 3 is 2.58 bits per heavy atom. The van der Waals surface area contributed by atoms with E-state index < -0.39 is 11.6 Å². The Morgan fingerprint density at radius 1 is 1.17 bits per heavy atom. The van der Waals surface area contributed by atoms with Crippen molar-refractivity contribution < 1.29 is 19.1 Å². The number of carbonyl (C=O) groups excluding carboxylic acids is 2. The molecule has 0 unspecified atom stereocenters. The number of amides is 3. The summed E-state index contributed by atoms with van der Waals surface area (Å²) in [7, 11) is 3.26. The Morgan fingerprint density at radius 2 is 1.92 bits per heavy atom. The molecule has 3 aliphatic heterocycles. The number of carbonyl (C=O) groups is 2. The Balaban J connectivity index is 1.73. The second kappa shape index (κ2) is 5.37. The van der Waals surface area contributed by atoms with Crippen molar-refractivity contribution in [3.05, 3.63) is 23.3 Å². The minimum atomic E-state index is -0.792. The Hall–Kier alpha value is -2.28. The van der Waals surface area contributed by atoms with Gasteiger partial charge in [-0.1, -0.05) is 0 Å². The number of hydrogen-bond donors (Lipinski definition) is 2. The molecule has 7 nitrogen and oxygen atoms in total. The van der Waals surface area contributed by atoms with Crippen molar-refractivity contribution in [2.45, 2.75) is 30.8 Å². The average molecular weight is 331 g/mol. The summed E-state index contributed by atoms with van der Waals surface area (Å²) in [6.07, 6.45) is 2.16. The number of nitrogens with zero attached hydrogens (tertiary/aromatic N) is 1. The highest BCUT2D eigenvalue weighted by molar-refractivity contribution is 6.07. The number of urea groups is 1. The number of piperidine rings is 1. The molecular weight excluding hydrogens is 310 g/mol. The van der Waals surface area contributed by atoms with Crippen molar-refractivity contribution in [1.29, 1.82) is 0 Å². The number of hydrogen-bond acceptors (Lipinski definition) is 5. The fraction of sp³-hybridized carbons (Fsp3) is 0.529. The van der Waals surface area contributed by atoms with Crippen LogP contribution >= 0.6 is 0 Å². The van der Waals surface area contributed by atoms with Gasteiger partial charge in [0.15, 0.2) is 11.5 Å². The minimum absolute atomic E-state index is 0.0893. The first-order chi connectivity index (χ1) is 11.6. The van der Waals surface area contributed by atoms with Gasteiger partial charge in [-0.3, -0.25) is 15.0 Å². The molecule has 2 saturated heterocycles. The fourth-order valence-electron chi connectivity index (χ4n) is 4.20. The number of imide groups is 1. The maximum atomic E-state index is 12.3. The monoisotopic (exact) mass is 331 g/mol. The van der Waals surface area contributed by atoms with Crippen molar-refractivity contribution in [2.75, 3.05) is 27.3 Å². The molecule has 0 saturated carbocycles. The molecule has 0 radical (unpaired) electrons. The number of rotatable bonds is 2. The maximum Gasteiger partial charge on any atom is 0.322 e. The first kappa shape index (κ1) is 15.3. The van der Waals surface area contributed by atoms with Crippen LogP contribution in [0.15, 0.2) is 12.1 Å². The maximum absolute atomic E-state index is 12.3. The predicted molar refractivity (Wildman–Crippen MR) is 86.2 cm³/mol. The highest BCUT2D eigenvalue weighted by atomic mass is 16.5. The van der Waals surface area contributed by atoms with E-state index >= 15 is 0 Å². The lowest BCUT2D eigenvalue weighted by Gasteiger charge is -2.46. The molecule has 3 aliphatic rings. The molecule has 7 heteroatoms. The van der Waals surface area contributed by atoms with Crippen LogP contribution in [-0.4, -0.2) is 49.7 Å². The molecule has 128 valence electrons. The van der Waals surface area contributed by atoms with Crippen LogP contribution < -0.4 is 20.1 Å². The SMILES string of the molecule is COc1cc2c(cc1OC)[C@@H]1C[C@]3(CCN1CC2)NC(=O)NC3=O. The summed E-state index contributed by atoms with van der Waals surface area (Å²) in [5, 5.41) is 5.24. The van der Waals surface area contributed by atoms with Gasteiger partial charge in [0.25, 0.3) is 5.91 Å². The van der Waals surface area contributed by atoms with Crippen LogP contribution in [-0.2, 0) is 11.2 Å². The van der Waals surface area contributed by atoms with Crippen molar-refractivity contribution in [3.63, 3.8) is 0 Å². The van der Waals surface area contributed by atoms with Gasteiger partial charge in [-0.15, -0.1) is 0 Å². The van der Waals surface area contributed by atoms with Crippen molar-refractivity contribution in [2.24, 2.45) is 0 Å². The van der Waals surface area contributed by atoms with E-state index in [1.807, 2.05) is 12.1 Å². The van der Waals surface area contributed by atoms with Gasteiger partial charge in [-0.25, -0.2) is 4.79 Å². The normalized spacial score (nSPS) is 28.8. The molecule has 24 heavy (non-hydrogen) atoms. The van der Waals surface area contributed by atoms with Crippen molar-refractivity contribution >= 4 is 11.9 Å². The van der Waals surface area contributed by atoms with Crippen LogP contribution in [0.2, 0.25) is 0 Å². The molecule has 0 bridgehead atoms. The highest BCUT2D eigenvalue weighted by Crippen LogP contribution is 2.44. The largest absolute Gasteiger partial charge is 0.493 e. The third kappa shape index (κ3) is 2.15. The predicted octanol–water partition coefficient (Wildman–Crippen LogP) is 0.975. The van der Waals surface area contributed by atoms with E-state index in [-0.39, 0.29) is 11.9 Å². The smallest absolute Gasteiger partial charge is 0.322 e. The van der Waals surface area contributed by atoms with Gasteiger partial charge in [0, 0.05) is 19.1 Å². The van der Waals surface area contributed by atoms with Gasteiger partial charge in [0.05, 0.1) is 14.2 Å². The summed E-state index contributed by atoms with van der Waals surface area (Å²) in [5.41, 5.74) is 1.59. The standard InChI is InChI=1S/C17H21N3O4/c1-23-13-7-10-3-5-20-6-4-17(15(21)18-16(22)19-17)9-12(20)11(10)8-14(13)24-2/h7-8,12H,3-6,9H2,1-2H3,(H2,18,19,21,22)/t12-,17-/m0/s1. The third-order valence-corrected chi connectivity index (χ3v) is 5.50. The zero-order valence-electron chi connectivity index (χ0n) is 13.8. The number of methoxy groups -OCH3 is 2. The first-order valence-corrected chi connectivity index (χ1v) is 8.19. The van der Waals surface area contributed by atoms with Crippen LogP contribution in [0.4, 0.5) is 4.79 Å². The summed E-state index contributed by atoms with van der Waals surface area (Å²) in [4.78, 5) is 26.3. The Kier molecular flexibility index (Phi) is 3.42. The molecule has 1 spiro atoms. The van der Waals surface area contributed by atoms with Gasteiger partial charge in [0.1, 0.15) is 5.54 Å². The fourth-order valence-corrected chi connectivity index (χ4v) is 4.20. The van der Waals surface area contributed by atoms with Crippen LogP contribution in [0, 0.1) is 0 Å². The molecule has 3 amide bonds. The highest BCUT2D eigenvalue weighted by Gasteiger charge is 2.51. The lowest BCUT2D eigenvalue weighted by Crippen LogP contribution is -2.56. The molecule has 4 rings (SSSR count). The molecule has 1 aromatic carbocycles. The van der Waals surface area contributed by atoms with E-state index in [9.17, 15) is 9.59 Å². The van der Waals surface area contributed by atoms with Gasteiger partial charge < -0.3 is 14.8 Å². The van der Waals surface area contributed by atoms with E-state index in [2.05, 4.69) is 15.5 Å². The van der Waals surface area contributed by atoms with Crippen LogP contribution in [0.5, 0.6) is 11.5 Å². The number of benzene rings is 1. The topological polar surface area (TPSA) is 79.9 Å². The number of nitrogens with one attached hydrogen (secondary N) is 2. The second-order valence-electron chi connectivity index (χ2n) is 6.65. The summed E-state index contributed by atoms with van der Waals surface area (Å²) < 4.78 is 10.8. The van der Waals surface area contributed by atoms with Gasteiger partial charge in [-0.2, -0.15) is 0 Å². The average Bonchev–Trinajstić information content (AvgIpc) is 2.86. The van der Waals surface area contributed by atoms with E-state index in [1.165, 1.54) is 5.56 Å². The van der Waals surface area contributed by atoms with E-state index in [0.29, 0.717) is 18.6 Å². The summed E-state index contributed by atoms with van der Waals surface area (Å²) in [6.45, 7) is 1.73. The quantitative estimate of drug-likeness (QED) is 0.790. The van der Waals surface area contributed by atoms with Gasteiger partial charge in [0.2, 0.25) is 0 Å². The molecular formula is C17H21N3O4. The summed E-state index contributed by atoms with van der Waals surface area (Å²) in [5.74, 6) is 1.21. The second-order valence-corrected chi connectivity index (χ2v) is 6.65. The van der Waals surface area contributed by atoms with Crippen molar-refractivity contribution in [3.8, 4) is 11.5 Å². The Bertz CT molecular complexity index is 720. The number of ether oxygens (including phenoxy) is 2. The molecule has 2 N–H and O–H groups in total. The zero-order chi connectivity index (χ0) is 16.9.